The summed E-state index contributed by atoms with van der Waals surface area (Å²) in [4.78, 5) is 64.8. The van der Waals surface area contributed by atoms with Crippen molar-refractivity contribution in [3.8, 4) is 0 Å². The molecular formula is C30H42O8. The first kappa shape index (κ1) is 28.8. The van der Waals surface area contributed by atoms with E-state index in [9.17, 15) is 39.3 Å². The summed E-state index contributed by atoms with van der Waals surface area (Å²) in [5.41, 5.74) is -4.36. The summed E-state index contributed by atoms with van der Waals surface area (Å²) >= 11 is 0. The van der Waals surface area contributed by atoms with Crippen molar-refractivity contribution < 1.29 is 39.3 Å². The van der Waals surface area contributed by atoms with E-state index in [-0.39, 0.29) is 55.4 Å². The third-order valence-corrected chi connectivity index (χ3v) is 11.3. The van der Waals surface area contributed by atoms with Crippen LogP contribution in [0.5, 0.6) is 0 Å². The van der Waals surface area contributed by atoms with Crippen LogP contribution >= 0.6 is 0 Å². The van der Waals surface area contributed by atoms with Gasteiger partial charge in [0.25, 0.3) is 0 Å². The highest BCUT2D eigenvalue weighted by Crippen LogP contribution is 2.70. The summed E-state index contributed by atoms with van der Waals surface area (Å²) in [6, 6.07) is 0. The molecule has 2 fully saturated rings. The Hall–Kier alpha value is -2.19. The Morgan fingerprint density at radius 3 is 2.26 bits per heavy atom. The molecule has 4 aliphatic rings. The molecule has 3 N–H and O–H groups in total. The molecule has 0 saturated heterocycles. The van der Waals surface area contributed by atoms with Crippen LogP contribution in [0.25, 0.3) is 0 Å². The van der Waals surface area contributed by atoms with Crippen LogP contribution in [0.1, 0.15) is 93.4 Å². The number of Topliss-reactive ketones (excluding diaryl/α,β-unsaturated/α-hetero) is 4. The van der Waals surface area contributed by atoms with Crippen LogP contribution in [-0.4, -0.2) is 56.1 Å². The highest BCUT2D eigenvalue weighted by Gasteiger charge is 2.71. The van der Waals surface area contributed by atoms with Gasteiger partial charge in [-0.2, -0.15) is 0 Å². The lowest BCUT2D eigenvalue weighted by molar-refractivity contribution is -0.150. The van der Waals surface area contributed by atoms with E-state index in [4.69, 9.17) is 0 Å². The zero-order valence-electron chi connectivity index (χ0n) is 23.6. The predicted octanol–water partition coefficient (Wildman–Crippen LogP) is 3.45. The van der Waals surface area contributed by atoms with E-state index in [1.807, 2.05) is 20.8 Å². The number of carbonyl (C=O) groups excluding carboxylic acids is 4. The van der Waals surface area contributed by atoms with E-state index >= 15 is 0 Å². The van der Waals surface area contributed by atoms with Crippen molar-refractivity contribution in [3.05, 3.63) is 11.1 Å². The van der Waals surface area contributed by atoms with Crippen molar-refractivity contribution in [1.82, 2.24) is 0 Å². The van der Waals surface area contributed by atoms with Gasteiger partial charge in [-0.3, -0.25) is 24.0 Å². The number of hydrogen-bond acceptors (Lipinski definition) is 7. The largest absolute Gasteiger partial charge is 0.481 e. The topological polar surface area (TPSA) is 146 Å². The van der Waals surface area contributed by atoms with Crippen molar-refractivity contribution in [1.29, 1.82) is 0 Å². The minimum atomic E-state index is -1.65. The average Bonchev–Trinajstić information content (AvgIpc) is 2.99. The predicted molar refractivity (Wildman–Crippen MR) is 138 cm³/mol. The van der Waals surface area contributed by atoms with Gasteiger partial charge in [0, 0.05) is 54.4 Å². The molecule has 0 spiro atoms. The van der Waals surface area contributed by atoms with Crippen LogP contribution in [0, 0.1) is 39.4 Å². The normalized spacial score (nSPS) is 40.7. The van der Waals surface area contributed by atoms with Crippen molar-refractivity contribution in [2.45, 2.75) is 105 Å². The molecule has 8 heteroatoms. The third-order valence-electron chi connectivity index (χ3n) is 11.3. The maximum absolute atomic E-state index is 14.1. The Kier molecular flexibility index (Phi) is 6.56. The highest BCUT2D eigenvalue weighted by molar-refractivity contribution is 6.05. The number of aliphatic carboxylic acids is 1. The number of rotatable bonds is 6. The molecule has 0 aliphatic heterocycles. The van der Waals surface area contributed by atoms with Crippen molar-refractivity contribution in [2.75, 3.05) is 0 Å². The van der Waals surface area contributed by atoms with Gasteiger partial charge >= 0.3 is 5.97 Å². The van der Waals surface area contributed by atoms with Gasteiger partial charge in [-0.1, -0.05) is 34.6 Å². The molecule has 4 aliphatic carbocycles. The second kappa shape index (κ2) is 8.65. The molecule has 210 valence electrons. The number of allylic oxidation sites excluding steroid dienone is 1. The summed E-state index contributed by atoms with van der Waals surface area (Å²) in [7, 11) is 0. The zero-order valence-corrected chi connectivity index (χ0v) is 23.6. The SMILES string of the molecule is C[C@H](CC(=O)C[C@](C)(O)[C@@H]1CC(=O)[C@@]2(C)C3=C(C(=O)C[C@]12C)[C@@]1(C)CCC(=O)C(C)(C)[C@H]1C[C@@H]3O)C(=O)O. The summed E-state index contributed by atoms with van der Waals surface area (Å²) in [5, 5.41) is 32.4. The Bertz CT molecular complexity index is 1160. The standard InChI is InChI=1S/C30H42O8/c1-15(25(36)37)10-16(31)13-29(6,38)20-12-22(35)30(7)24-17(32)11-19-26(2,3)21(34)8-9-27(19,4)23(24)18(33)14-28(20,30)5/h15,17,19-20,32,38H,8-14H2,1-7H3,(H,36,37)/t15-,17+,19-,20-,27+,28-,29+,30+/m1/s1. The quantitative estimate of drug-likeness (QED) is 0.473. The Morgan fingerprint density at radius 1 is 1.08 bits per heavy atom. The second-order valence-electron chi connectivity index (χ2n) is 14.0. The minimum Gasteiger partial charge on any atom is -0.481 e. The summed E-state index contributed by atoms with van der Waals surface area (Å²) < 4.78 is 0. The Labute approximate surface area is 224 Å². The lowest BCUT2D eigenvalue weighted by Gasteiger charge is -2.60. The number of aliphatic hydroxyl groups is 2. The first-order valence-electron chi connectivity index (χ1n) is 13.7. The van der Waals surface area contributed by atoms with E-state index in [1.165, 1.54) is 13.8 Å². The summed E-state index contributed by atoms with van der Waals surface area (Å²) in [6.45, 7) is 12.2. The van der Waals surface area contributed by atoms with E-state index < -0.39 is 57.0 Å². The zero-order chi connectivity index (χ0) is 28.8. The van der Waals surface area contributed by atoms with Crippen LogP contribution < -0.4 is 0 Å². The van der Waals surface area contributed by atoms with E-state index in [0.29, 0.717) is 24.0 Å². The van der Waals surface area contributed by atoms with Gasteiger partial charge < -0.3 is 15.3 Å². The molecule has 0 unspecified atom stereocenters. The van der Waals surface area contributed by atoms with Crippen molar-refractivity contribution in [3.63, 3.8) is 0 Å². The third kappa shape index (κ3) is 3.73. The lowest BCUT2D eigenvalue weighted by atomic mass is 9.42. The van der Waals surface area contributed by atoms with E-state index in [0.717, 1.165) is 0 Å². The van der Waals surface area contributed by atoms with Crippen molar-refractivity contribution in [2.24, 2.45) is 39.4 Å². The summed E-state index contributed by atoms with van der Waals surface area (Å²) in [6.07, 6.45) is -0.624. The van der Waals surface area contributed by atoms with Gasteiger partial charge in [0.1, 0.15) is 17.3 Å². The van der Waals surface area contributed by atoms with Gasteiger partial charge in [-0.15, -0.1) is 0 Å². The smallest absolute Gasteiger partial charge is 0.306 e. The van der Waals surface area contributed by atoms with Crippen molar-refractivity contribution >= 4 is 29.1 Å². The first-order valence-corrected chi connectivity index (χ1v) is 13.7. The molecule has 0 radical (unpaired) electrons. The average molecular weight is 531 g/mol. The van der Waals surface area contributed by atoms with Crippen LogP contribution in [-0.2, 0) is 24.0 Å². The molecule has 0 heterocycles. The van der Waals surface area contributed by atoms with Crippen LogP contribution in [0.3, 0.4) is 0 Å². The minimum absolute atomic E-state index is 0.0159. The van der Waals surface area contributed by atoms with E-state index in [2.05, 4.69) is 0 Å². The van der Waals surface area contributed by atoms with Crippen LogP contribution in [0.15, 0.2) is 11.1 Å². The number of ketones is 4. The first-order chi connectivity index (χ1) is 17.2. The fraction of sp³-hybridized carbons (Fsp3) is 0.767. The molecule has 8 atom stereocenters. The molecule has 0 aromatic rings. The van der Waals surface area contributed by atoms with Gasteiger partial charge in [0.15, 0.2) is 5.78 Å². The summed E-state index contributed by atoms with van der Waals surface area (Å²) in [5.74, 6) is -3.63. The van der Waals surface area contributed by atoms with Gasteiger partial charge in [-0.05, 0) is 43.6 Å². The number of carbonyl (C=O) groups is 5. The maximum atomic E-state index is 14.1. The number of hydrogen-bond donors (Lipinski definition) is 3. The molecule has 2 saturated carbocycles. The Morgan fingerprint density at radius 2 is 1.68 bits per heavy atom. The molecule has 0 amide bonds. The highest BCUT2D eigenvalue weighted by atomic mass is 16.4. The second-order valence-corrected chi connectivity index (χ2v) is 14.0. The lowest BCUT2D eigenvalue weighted by Crippen LogP contribution is -2.60. The monoisotopic (exact) mass is 530 g/mol. The number of carboxylic acids is 1. The fourth-order valence-corrected chi connectivity index (χ4v) is 8.97. The van der Waals surface area contributed by atoms with Crippen LogP contribution in [0.4, 0.5) is 0 Å². The molecule has 0 aromatic heterocycles. The van der Waals surface area contributed by atoms with Gasteiger partial charge in [-0.25, -0.2) is 0 Å². The van der Waals surface area contributed by atoms with Gasteiger partial charge in [0.05, 0.1) is 23.0 Å². The molecular weight excluding hydrogens is 488 g/mol. The molecule has 8 nitrogen and oxygen atoms in total. The molecule has 38 heavy (non-hydrogen) atoms. The van der Waals surface area contributed by atoms with Gasteiger partial charge in [0.2, 0.25) is 0 Å². The molecule has 0 aromatic carbocycles. The number of aliphatic hydroxyl groups excluding tert-OH is 1. The fourth-order valence-electron chi connectivity index (χ4n) is 8.97. The van der Waals surface area contributed by atoms with Crippen LogP contribution in [0.2, 0.25) is 0 Å². The molecule has 0 bridgehead atoms. The number of carboxylic acid groups (broad SMARTS) is 1. The Balaban J connectivity index is 1.79. The maximum Gasteiger partial charge on any atom is 0.306 e. The van der Waals surface area contributed by atoms with E-state index in [1.54, 1.807) is 13.8 Å². The molecule has 4 rings (SSSR count). The number of fused-ring (bicyclic) bond motifs is 4.